The number of hydrogen-bond acceptors (Lipinski definition) is 6. The summed E-state index contributed by atoms with van der Waals surface area (Å²) in [6, 6.07) is 18.7. The summed E-state index contributed by atoms with van der Waals surface area (Å²) in [4.78, 5) is 12.6. The van der Waals surface area contributed by atoms with Crippen molar-refractivity contribution >= 4 is 11.7 Å². The molecule has 0 unspecified atom stereocenters. The molecule has 1 amide bonds. The van der Waals surface area contributed by atoms with Gasteiger partial charge in [0.2, 0.25) is 0 Å². The Bertz CT molecular complexity index is 1150. The maximum absolute atomic E-state index is 12.6. The van der Waals surface area contributed by atoms with Crippen molar-refractivity contribution in [2.45, 2.75) is 26.2 Å². The average molecular weight is 417 g/mol. The molecule has 0 radical (unpaired) electrons. The van der Waals surface area contributed by atoms with Crippen molar-refractivity contribution in [1.82, 2.24) is 30.0 Å². The number of nitrogens with zero attached hydrogens (tertiary/aromatic N) is 6. The number of anilines is 1. The van der Waals surface area contributed by atoms with Crippen LogP contribution in [0.25, 0.3) is 11.4 Å². The van der Waals surface area contributed by atoms with Crippen LogP contribution in [0.3, 0.4) is 0 Å². The van der Waals surface area contributed by atoms with E-state index in [-0.39, 0.29) is 17.9 Å². The molecular weight excluding hydrogens is 394 g/mol. The predicted molar refractivity (Wildman–Crippen MR) is 116 cm³/mol. The van der Waals surface area contributed by atoms with Gasteiger partial charge in [0.05, 0.1) is 17.1 Å². The molecule has 2 aromatic carbocycles. The van der Waals surface area contributed by atoms with E-state index in [1.165, 1.54) is 11.0 Å². The van der Waals surface area contributed by atoms with Gasteiger partial charge in [-0.15, -0.1) is 5.10 Å². The zero-order valence-electron chi connectivity index (χ0n) is 17.6. The first kappa shape index (κ1) is 20.3. The van der Waals surface area contributed by atoms with Crippen LogP contribution in [-0.4, -0.2) is 42.5 Å². The van der Waals surface area contributed by atoms with E-state index in [9.17, 15) is 4.79 Å². The fourth-order valence-corrected chi connectivity index (χ4v) is 2.91. The second-order valence-electron chi connectivity index (χ2n) is 8.00. The van der Waals surface area contributed by atoms with Gasteiger partial charge in [-0.1, -0.05) is 39.0 Å². The minimum atomic E-state index is -0.276. The number of carbonyl (C=O) groups is 1. The van der Waals surface area contributed by atoms with Gasteiger partial charge in [0.1, 0.15) is 17.9 Å². The van der Waals surface area contributed by atoms with Crippen LogP contribution in [0.15, 0.2) is 67.0 Å². The Labute approximate surface area is 179 Å². The summed E-state index contributed by atoms with van der Waals surface area (Å²) in [6.45, 7) is 6.12. The van der Waals surface area contributed by atoms with Gasteiger partial charge >= 0.3 is 0 Å². The summed E-state index contributed by atoms with van der Waals surface area (Å²) in [5.41, 5.74) is 2.39. The van der Waals surface area contributed by atoms with E-state index in [0.29, 0.717) is 11.6 Å². The van der Waals surface area contributed by atoms with E-state index in [1.54, 1.807) is 16.8 Å². The summed E-state index contributed by atoms with van der Waals surface area (Å²) in [7, 11) is 0. The Morgan fingerprint density at radius 2 is 1.77 bits per heavy atom. The molecule has 31 heavy (non-hydrogen) atoms. The monoisotopic (exact) mass is 417 g/mol. The summed E-state index contributed by atoms with van der Waals surface area (Å²) >= 11 is 0. The Morgan fingerprint density at radius 1 is 1.03 bits per heavy atom. The first-order valence-electron chi connectivity index (χ1n) is 9.82. The molecule has 0 aliphatic heterocycles. The number of ether oxygens (including phenoxy) is 1. The van der Waals surface area contributed by atoms with Crippen LogP contribution in [0.4, 0.5) is 5.82 Å². The fraction of sp³-hybridized carbons (Fsp3) is 0.227. The lowest BCUT2D eigenvalue weighted by molar-refractivity contribution is -0.118. The SMILES string of the molecule is CC(C)(C)c1cc(NC(=O)COc2ccc(-n3cnnn3)cc2)n(-c2ccccc2)n1. The summed E-state index contributed by atoms with van der Waals surface area (Å²) < 4.78 is 8.90. The molecule has 1 N–H and O–H groups in total. The van der Waals surface area contributed by atoms with E-state index in [4.69, 9.17) is 9.84 Å². The van der Waals surface area contributed by atoms with Crippen molar-refractivity contribution < 1.29 is 9.53 Å². The number of carbonyl (C=O) groups excluding carboxylic acids is 1. The van der Waals surface area contributed by atoms with Crippen molar-refractivity contribution in [2.75, 3.05) is 11.9 Å². The molecule has 158 valence electrons. The third kappa shape index (κ3) is 4.77. The van der Waals surface area contributed by atoms with Crippen molar-refractivity contribution in [3.8, 4) is 17.1 Å². The number of nitrogens with one attached hydrogen (secondary N) is 1. The minimum absolute atomic E-state index is 0.130. The molecule has 0 aliphatic rings. The molecule has 4 aromatic rings. The zero-order valence-corrected chi connectivity index (χ0v) is 17.6. The molecular formula is C22H23N7O2. The number of hydrogen-bond donors (Lipinski definition) is 1. The molecule has 0 aliphatic carbocycles. The lowest BCUT2D eigenvalue weighted by Gasteiger charge is -2.14. The molecule has 0 bridgehead atoms. The van der Waals surface area contributed by atoms with E-state index >= 15 is 0 Å². The van der Waals surface area contributed by atoms with Crippen LogP contribution in [0.2, 0.25) is 0 Å². The van der Waals surface area contributed by atoms with Gasteiger partial charge in [-0.25, -0.2) is 9.36 Å². The maximum Gasteiger partial charge on any atom is 0.263 e. The third-order valence-corrected chi connectivity index (χ3v) is 4.57. The normalized spacial score (nSPS) is 11.3. The number of aromatic nitrogens is 6. The Balaban J connectivity index is 1.45. The molecule has 0 saturated heterocycles. The Kier molecular flexibility index (Phi) is 5.48. The third-order valence-electron chi connectivity index (χ3n) is 4.57. The lowest BCUT2D eigenvalue weighted by Crippen LogP contribution is -2.21. The van der Waals surface area contributed by atoms with Crippen LogP contribution in [-0.2, 0) is 10.2 Å². The highest BCUT2D eigenvalue weighted by Crippen LogP contribution is 2.26. The largest absolute Gasteiger partial charge is 0.484 e. The standard InChI is InChI=1S/C22H23N7O2/c1-22(2,3)19-13-20(29(25-19)17-7-5-4-6-8-17)24-21(30)14-31-18-11-9-16(10-12-18)28-15-23-26-27-28/h4-13,15H,14H2,1-3H3,(H,24,30). The van der Waals surface area contributed by atoms with Crippen molar-refractivity contribution in [3.05, 3.63) is 72.7 Å². The highest BCUT2D eigenvalue weighted by molar-refractivity contribution is 5.91. The van der Waals surface area contributed by atoms with Gasteiger partial charge < -0.3 is 10.1 Å². The van der Waals surface area contributed by atoms with E-state index in [1.807, 2.05) is 48.5 Å². The Hall–Kier alpha value is -4.01. The van der Waals surface area contributed by atoms with Crippen molar-refractivity contribution in [3.63, 3.8) is 0 Å². The zero-order chi connectivity index (χ0) is 21.8. The van der Waals surface area contributed by atoms with Gasteiger partial charge in [0.25, 0.3) is 5.91 Å². The predicted octanol–water partition coefficient (Wildman–Crippen LogP) is 3.16. The molecule has 0 saturated carbocycles. The maximum atomic E-state index is 12.6. The van der Waals surface area contributed by atoms with Crippen molar-refractivity contribution in [2.24, 2.45) is 0 Å². The molecule has 0 fully saturated rings. The minimum Gasteiger partial charge on any atom is -0.484 e. The number of amides is 1. The average Bonchev–Trinajstić information content (AvgIpc) is 3.43. The molecule has 0 atom stereocenters. The lowest BCUT2D eigenvalue weighted by atomic mass is 9.92. The van der Waals surface area contributed by atoms with Crippen molar-refractivity contribution in [1.29, 1.82) is 0 Å². The van der Waals surface area contributed by atoms with Gasteiger partial charge in [0, 0.05) is 11.5 Å². The van der Waals surface area contributed by atoms with E-state index in [0.717, 1.165) is 17.1 Å². The van der Waals surface area contributed by atoms with E-state index in [2.05, 4.69) is 41.6 Å². The summed E-state index contributed by atoms with van der Waals surface area (Å²) in [5, 5.41) is 18.7. The first-order valence-corrected chi connectivity index (χ1v) is 9.82. The summed E-state index contributed by atoms with van der Waals surface area (Å²) in [5.74, 6) is 0.889. The van der Waals surface area contributed by atoms with Gasteiger partial charge in [0.15, 0.2) is 6.61 Å². The number of tetrazole rings is 1. The quantitative estimate of drug-likeness (QED) is 0.517. The molecule has 9 nitrogen and oxygen atoms in total. The number of para-hydroxylation sites is 1. The topological polar surface area (TPSA) is 99.7 Å². The molecule has 2 heterocycles. The number of benzene rings is 2. The van der Waals surface area contributed by atoms with Crippen LogP contribution in [0, 0.1) is 0 Å². The van der Waals surface area contributed by atoms with E-state index < -0.39 is 0 Å². The highest BCUT2D eigenvalue weighted by Gasteiger charge is 2.21. The van der Waals surface area contributed by atoms with Crippen LogP contribution in [0.1, 0.15) is 26.5 Å². The second-order valence-corrected chi connectivity index (χ2v) is 8.00. The molecule has 9 heteroatoms. The van der Waals surface area contributed by atoms with Crippen LogP contribution >= 0.6 is 0 Å². The molecule has 2 aromatic heterocycles. The van der Waals surface area contributed by atoms with Crippen LogP contribution in [0.5, 0.6) is 5.75 Å². The highest BCUT2D eigenvalue weighted by atomic mass is 16.5. The molecule has 4 rings (SSSR count). The smallest absolute Gasteiger partial charge is 0.263 e. The van der Waals surface area contributed by atoms with Gasteiger partial charge in [-0.3, -0.25) is 4.79 Å². The second kappa shape index (κ2) is 8.39. The van der Waals surface area contributed by atoms with Crippen LogP contribution < -0.4 is 10.1 Å². The fourth-order valence-electron chi connectivity index (χ4n) is 2.91. The summed E-state index contributed by atoms with van der Waals surface area (Å²) in [6.07, 6.45) is 1.50. The Morgan fingerprint density at radius 3 is 2.42 bits per heavy atom. The first-order chi connectivity index (χ1) is 14.9. The molecule has 0 spiro atoms. The number of rotatable bonds is 6. The van der Waals surface area contributed by atoms with Gasteiger partial charge in [-0.2, -0.15) is 5.10 Å². The van der Waals surface area contributed by atoms with Gasteiger partial charge in [-0.05, 0) is 46.8 Å².